The minimum absolute atomic E-state index is 0.0524. The molecule has 0 heterocycles. The highest BCUT2D eigenvalue weighted by Gasteiger charge is 2.10. The predicted molar refractivity (Wildman–Crippen MR) is 58.9 cm³/mol. The van der Waals surface area contributed by atoms with Gasteiger partial charge < -0.3 is 16.8 Å². The topological polar surface area (TPSA) is 78.9 Å². The molecule has 0 bridgehead atoms. The number of hydrogen-bond donors (Lipinski definition) is 2. The quantitative estimate of drug-likeness (QED) is 0.582. The van der Waals surface area contributed by atoms with Crippen LogP contribution in [0, 0.1) is 0 Å². The first kappa shape index (κ1) is 13.4. The zero-order valence-corrected chi connectivity index (χ0v) is 9.01. The van der Waals surface area contributed by atoms with Gasteiger partial charge in [0, 0.05) is 6.54 Å². The molecule has 0 radical (unpaired) electrons. The van der Waals surface area contributed by atoms with Gasteiger partial charge in [0.05, 0.1) is 6.04 Å². The van der Waals surface area contributed by atoms with Crippen molar-refractivity contribution in [2.24, 2.45) is 5.73 Å². The molecule has 0 fully saturated rings. The number of nitrogens with two attached hydrogens (primary N) is 1. The highest BCUT2D eigenvalue weighted by molar-refractivity contribution is 5.81. The molecule has 0 aromatic rings. The van der Waals surface area contributed by atoms with Crippen LogP contribution in [0.4, 0.5) is 0 Å². The van der Waals surface area contributed by atoms with Crippen LogP contribution in [0.1, 0.15) is 39.0 Å². The minimum atomic E-state index is -0.390. The number of unbranched alkanes of at least 4 members (excludes halogenated alkanes) is 2. The zero-order valence-electron chi connectivity index (χ0n) is 9.01. The lowest BCUT2D eigenvalue weighted by molar-refractivity contribution is -0.122. The van der Waals surface area contributed by atoms with Crippen LogP contribution in [0.15, 0.2) is 0 Å². The molecule has 4 nitrogen and oxygen atoms in total. The molecule has 0 aromatic heterocycles. The summed E-state index contributed by atoms with van der Waals surface area (Å²) < 4.78 is 0. The Morgan fingerprint density at radius 2 is 2.14 bits per heavy atom. The van der Waals surface area contributed by atoms with E-state index in [1.807, 2.05) is 0 Å². The first-order valence-electron chi connectivity index (χ1n) is 5.40. The van der Waals surface area contributed by atoms with E-state index in [1.165, 1.54) is 0 Å². The molecule has 1 amide bonds. The van der Waals surface area contributed by atoms with E-state index in [-0.39, 0.29) is 5.91 Å². The summed E-state index contributed by atoms with van der Waals surface area (Å²) in [4.78, 5) is 11.3. The molecular formula is C10H22N3O-. The number of carbonyl (C=O) groups excluding carboxylic acids is 1. The third-order valence-corrected chi connectivity index (χ3v) is 2.11. The van der Waals surface area contributed by atoms with E-state index < -0.39 is 6.04 Å². The van der Waals surface area contributed by atoms with E-state index >= 15 is 0 Å². The summed E-state index contributed by atoms with van der Waals surface area (Å²) >= 11 is 0. The minimum Gasteiger partial charge on any atom is -0.677 e. The van der Waals surface area contributed by atoms with Crippen LogP contribution in [0.25, 0.3) is 5.73 Å². The monoisotopic (exact) mass is 200 g/mol. The van der Waals surface area contributed by atoms with Crippen molar-refractivity contribution in [2.45, 2.75) is 45.1 Å². The Morgan fingerprint density at radius 1 is 1.43 bits per heavy atom. The third-order valence-electron chi connectivity index (χ3n) is 2.11. The van der Waals surface area contributed by atoms with E-state index in [0.29, 0.717) is 13.0 Å². The van der Waals surface area contributed by atoms with Crippen molar-refractivity contribution in [3.05, 3.63) is 5.73 Å². The molecule has 0 aliphatic rings. The molecule has 0 saturated carbocycles. The Morgan fingerprint density at radius 3 is 2.71 bits per heavy atom. The summed E-state index contributed by atoms with van der Waals surface area (Å²) in [6.07, 6.45) is 4.47. The fourth-order valence-corrected chi connectivity index (χ4v) is 1.14. The first-order valence-corrected chi connectivity index (χ1v) is 5.40. The molecule has 0 spiro atoms. The molecule has 84 valence electrons. The van der Waals surface area contributed by atoms with Crippen molar-refractivity contribution in [1.82, 2.24) is 5.32 Å². The Hall–Kier alpha value is -0.610. The van der Waals surface area contributed by atoms with Gasteiger partial charge in [0.15, 0.2) is 0 Å². The van der Waals surface area contributed by atoms with Gasteiger partial charge in [-0.2, -0.15) is 6.54 Å². The Labute approximate surface area is 86.4 Å². The Kier molecular flexibility index (Phi) is 8.57. The standard InChI is InChI=1S/C10H22N3O/c1-2-3-8-13-10(14)9(12)6-4-5-7-11/h9,11H,2-8,12H2,1H3,(H,13,14)/q-1/t9-/m0/s1. The molecule has 0 rings (SSSR count). The summed E-state index contributed by atoms with van der Waals surface area (Å²) in [5, 5.41) is 2.80. The maximum absolute atomic E-state index is 11.3. The van der Waals surface area contributed by atoms with Gasteiger partial charge in [-0.15, -0.1) is 0 Å². The number of amides is 1. The van der Waals surface area contributed by atoms with Crippen LogP contribution in [-0.2, 0) is 4.79 Å². The number of rotatable bonds is 8. The average molecular weight is 200 g/mol. The molecular weight excluding hydrogens is 178 g/mol. The van der Waals surface area contributed by atoms with Crippen molar-refractivity contribution in [3.63, 3.8) is 0 Å². The highest BCUT2D eigenvalue weighted by Crippen LogP contribution is 1.99. The summed E-state index contributed by atoms with van der Waals surface area (Å²) in [5.74, 6) is -0.0524. The van der Waals surface area contributed by atoms with E-state index in [0.717, 1.165) is 32.2 Å². The van der Waals surface area contributed by atoms with Gasteiger partial charge in [-0.25, -0.2) is 0 Å². The second kappa shape index (κ2) is 8.97. The fraction of sp³-hybridized carbons (Fsp3) is 0.900. The largest absolute Gasteiger partial charge is 0.677 e. The van der Waals surface area contributed by atoms with E-state index in [2.05, 4.69) is 12.2 Å². The fourth-order valence-electron chi connectivity index (χ4n) is 1.14. The molecule has 14 heavy (non-hydrogen) atoms. The lowest BCUT2D eigenvalue weighted by atomic mass is 10.1. The van der Waals surface area contributed by atoms with Gasteiger partial charge in [-0.05, 0) is 12.8 Å². The van der Waals surface area contributed by atoms with Gasteiger partial charge >= 0.3 is 0 Å². The van der Waals surface area contributed by atoms with Gasteiger partial charge in [0.1, 0.15) is 0 Å². The SMILES string of the molecule is CCCCNC(=O)[C@@H](N)CCCC[NH-]. The van der Waals surface area contributed by atoms with E-state index in [4.69, 9.17) is 11.5 Å². The lowest BCUT2D eigenvalue weighted by Gasteiger charge is -2.12. The maximum atomic E-state index is 11.3. The maximum Gasteiger partial charge on any atom is 0.236 e. The smallest absolute Gasteiger partial charge is 0.236 e. The zero-order chi connectivity index (χ0) is 10.8. The molecule has 0 saturated heterocycles. The summed E-state index contributed by atoms with van der Waals surface area (Å²) in [6, 6.07) is -0.390. The van der Waals surface area contributed by atoms with Crippen LogP contribution >= 0.6 is 0 Å². The normalized spacial score (nSPS) is 12.5. The Balaban J connectivity index is 3.44. The van der Waals surface area contributed by atoms with E-state index in [1.54, 1.807) is 0 Å². The Bertz CT molecular complexity index is 150. The van der Waals surface area contributed by atoms with Gasteiger partial charge in [-0.1, -0.05) is 26.2 Å². The van der Waals surface area contributed by atoms with Crippen LogP contribution in [0.2, 0.25) is 0 Å². The summed E-state index contributed by atoms with van der Waals surface area (Å²) in [6.45, 7) is 3.23. The second-order valence-electron chi connectivity index (χ2n) is 3.50. The second-order valence-corrected chi connectivity index (χ2v) is 3.50. The number of carbonyl (C=O) groups is 1. The molecule has 0 unspecified atom stereocenters. The summed E-state index contributed by atoms with van der Waals surface area (Å²) in [5.41, 5.74) is 12.6. The van der Waals surface area contributed by atoms with Gasteiger partial charge in [0.25, 0.3) is 0 Å². The lowest BCUT2D eigenvalue weighted by Crippen LogP contribution is -2.40. The highest BCUT2D eigenvalue weighted by atomic mass is 16.2. The van der Waals surface area contributed by atoms with E-state index in [9.17, 15) is 4.79 Å². The molecule has 1 atom stereocenters. The van der Waals surface area contributed by atoms with Crippen LogP contribution < -0.4 is 11.1 Å². The first-order chi connectivity index (χ1) is 6.72. The molecule has 4 N–H and O–H groups in total. The predicted octanol–water partition coefficient (Wildman–Crippen LogP) is 1.45. The van der Waals surface area contributed by atoms with Crippen molar-refractivity contribution in [3.8, 4) is 0 Å². The van der Waals surface area contributed by atoms with Crippen LogP contribution in [-0.4, -0.2) is 25.0 Å². The molecule has 0 aromatic carbocycles. The molecule has 0 aliphatic heterocycles. The van der Waals surface area contributed by atoms with Crippen LogP contribution in [0.5, 0.6) is 0 Å². The van der Waals surface area contributed by atoms with Crippen molar-refractivity contribution < 1.29 is 4.79 Å². The average Bonchev–Trinajstić information content (AvgIpc) is 2.18. The van der Waals surface area contributed by atoms with Crippen molar-refractivity contribution in [1.29, 1.82) is 0 Å². The van der Waals surface area contributed by atoms with Crippen molar-refractivity contribution in [2.75, 3.05) is 13.1 Å². The molecule has 4 heteroatoms. The summed E-state index contributed by atoms with van der Waals surface area (Å²) in [7, 11) is 0. The molecule has 0 aliphatic carbocycles. The number of hydrogen-bond acceptors (Lipinski definition) is 2. The van der Waals surface area contributed by atoms with Gasteiger partial charge in [-0.3, -0.25) is 4.79 Å². The van der Waals surface area contributed by atoms with Gasteiger partial charge in [0.2, 0.25) is 5.91 Å². The van der Waals surface area contributed by atoms with Crippen LogP contribution in [0.3, 0.4) is 0 Å². The number of nitrogens with one attached hydrogen (secondary N) is 2. The third kappa shape index (κ3) is 6.86. The van der Waals surface area contributed by atoms with Crippen molar-refractivity contribution >= 4 is 5.91 Å².